The Morgan fingerprint density at radius 3 is 2.32 bits per heavy atom. The van der Waals surface area contributed by atoms with Crippen molar-refractivity contribution in [1.29, 1.82) is 0 Å². The van der Waals surface area contributed by atoms with Crippen molar-refractivity contribution in [3.05, 3.63) is 95.0 Å². The number of para-hydroxylation sites is 1. The van der Waals surface area contributed by atoms with Crippen molar-refractivity contribution < 1.29 is 13.9 Å². The van der Waals surface area contributed by atoms with Crippen LogP contribution in [0, 0.1) is 5.82 Å². The quantitative estimate of drug-likeness (QED) is 0.330. The monoisotopic (exact) mass is 437 g/mol. The summed E-state index contributed by atoms with van der Waals surface area (Å²) in [5, 5.41) is 4.30. The second kappa shape index (κ2) is 7.74. The van der Waals surface area contributed by atoms with Crippen LogP contribution < -0.4 is 4.74 Å². The van der Waals surface area contributed by atoms with Gasteiger partial charge >= 0.3 is 5.97 Å². The van der Waals surface area contributed by atoms with Crippen molar-refractivity contribution in [2.45, 2.75) is 0 Å². The van der Waals surface area contributed by atoms with Crippen molar-refractivity contribution in [3.8, 4) is 22.8 Å². The number of ether oxygens (including phenoxy) is 1. The van der Waals surface area contributed by atoms with Gasteiger partial charge in [0, 0.05) is 10.0 Å². The van der Waals surface area contributed by atoms with Gasteiger partial charge in [-0.3, -0.25) is 0 Å². The van der Waals surface area contributed by atoms with Gasteiger partial charge in [0.15, 0.2) is 17.4 Å². The van der Waals surface area contributed by atoms with E-state index in [0.29, 0.717) is 10.3 Å². The molecule has 0 N–H and O–H groups in total. The highest BCUT2D eigenvalue weighted by atomic mass is 79.9. The van der Waals surface area contributed by atoms with Gasteiger partial charge in [-0.2, -0.15) is 0 Å². The van der Waals surface area contributed by atoms with Crippen LogP contribution in [-0.2, 0) is 0 Å². The van der Waals surface area contributed by atoms with E-state index in [1.165, 1.54) is 12.1 Å². The van der Waals surface area contributed by atoms with Crippen LogP contribution in [0.3, 0.4) is 0 Å². The average Bonchev–Trinajstić information content (AvgIpc) is 3.17. The Hall–Kier alpha value is -3.32. The number of benzene rings is 3. The predicted octanol–water partition coefficient (Wildman–Crippen LogP) is 5.06. The molecule has 4 aromatic rings. The van der Waals surface area contributed by atoms with E-state index in [4.69, 9.17) is 4.74 Å². The van der Waals surface area contributed by atoms with Gasteiger partial charge in [0.05, 0.1) is 5.69 Å². The van der Waals surface area contributed by atoms with Crippen LogP contribution in [0.1, 0.15) is 10.6 Å². The molecule has 0 unspecified atom stereocenters. The normalized spacial score (nSPS) is 10.6. The molecule has 0 saturated heterocycles. The molecular weight excluding hydrogens is 425 g/mol. The standard InChI is InChI=1S/C21H13BrFN3O2/c22-15-11-12-18(17(23)13-15)28-21(27)19-24-20(14-7-3-1-4-8-14)26(25-19)16-9-5-2-6-10-16/h1-13H. The van der Waals surface area contributed by atoms with Gasteiger partial charge in [-0.1, -0.05) is 64.5 Å². The van der Waals surface area contributed by atoms with E-state index in [-0.39, 0.29) is 11.6 Å². The second-order valence-electron chi connectivity index (χ2n) is 5.84. The molecule has 0 aliphatic rings. The lowest BCUT2D eigenvalue weighted by molar-refractivity contribution is 0.0715. The maximum atomic E-state index is 14.0. The minimum absolute atomic E-state index is 0.162. The Kier molecular flexibility index (Phi) is 4.99. The molecule has 0 radical (unpaired) electrons. The fourth-order valence-electron chi connectivity index (χ4n) is 2.63. The molecule has 3 aromatic carbocycles. The van der Waals surface area contributed by atoms with E-state index in [2.05, 4.69) is 26.0 Å². The first-order valence-corrected chi connectivity index (χ1v) is 9.16. The number of esters is 1. The van der Waals surface area contributed by atoms with Gasteiger partial charge in [-0.15, -0.1) is 5.10 Å². The molecule has 0 spiro atoms. The van der Waals surface area contributed by atoms with Crippen LogP contribution in [0.25, 0.3) is 17.1 Å². The number of aromatic nitrogens is 3. The fourth-order valence-corrected chi connectivity index (χ4v) is 2.96. The maximum absolute atomic E-state index is 14.0. The van der Waals surface area contributed by atoms with E-state index in [1.54, 1.807) is 10.7 Å². The predicted molar refractivity (Wildman–Crippen MR) is 106 cm³/mol. The highest BCUT2D eigenvalue weighted by Gasteiger charge is 2.21. The third kappa shape index (κ3) is 3.70. The molecule has 28 heavy (non-hydrogen) atoms. The molecule has 0 aliphatic carbocycles. The van der Waals surface area contributed by atoms with Crippen LogP contribution in [0.2, 0.25) is 0 Å². The van der Waals surface area contributed by atoms with E-state index in [9.17, 15) is 9.18 Å². The summed E-state index contributed by atoms with van der Waals surface area (Å²) in [6.07, 6.45) is 0. The van der Waals surface area contributed by atoms with Gasteiger partial charge < -0.3 is 4.74 Å². The van der Waals surface area contributed by atoms with Crippen molar-refractivity contribution in [2.24, 2.45) is 0 Å². The number of hydrogen-bond donors (Lipinski definition) is 0. The molecule has 0 aliphatic heterocycles. The first-order valence-electron chi connectivity index (χ1n) is 8.37. The molecule has 0 atom stereocenters. The van der Waals surface area contributed by atoms with E-state index >= 15 is 0 Å². The molecule has 1 aromatic heterocycles. The van der Waals surface area contributed by atoms with Crippen molar-refractivity contribution in [2.75, 3.05) is 0 Å². The average molecular weight is 438 g/mol. The lowest BCUT2D eigenvalue weighted by Gasteiger charge is -2.05. The minimum Gasteiger partial charge on any atom is -0.417 e. The molecule has 0 bridgehead atoms. The summed E-state index contributed by atoms with van der Waals surface area (Å²) in [6, 6.07) is 22.8. The Morgan fingerprint density at radius 2 is 1.64 bits per heavy atom. The number of halogens is 2. The van der Waals surface area contributed by atoms with Gasteiger partial charge in [-0.25, -0.2) is 18.9 Å². The molecule has 0 fully saturated rings. The second-order valence-corrected chi connectivity index (χ2v) is 6.75. The summed E-state index contributed by atoms with van der Waals surface area (Å²) in [7, 11) is 0. The summed E-state index contributed by atoms with van der Waals surface area (Å²) in [6.45, 7) is 0. The molecule has 5 nitrogen and oxygen atoms in total. The Morgan fingerprint density at radius 1 is 0.964 bits per heavy atom. The number of rotatable bonds is 4. The number of carbonyl (C=O) groups is 1. The minimum atomic E-state index is -0.840. The Balaban J connectivity index is 1.74. The molecule has 4 rings (SSSR count). The van der Waals surface area contributed by atoms with E-state index in [1.807, 2.05) is 60.7 Å². The third-order valence-corrected chi connectivity index (χ3v) is 4.41. The first kappa shape index (κ1) is 18.1. The SMILES string of the molecule is O=C(Oc1ccc(Br)cc1F)c1nc(-c2ccccc2)n(-c2ccccc2)n1. The van der Waals surface area contributed by atoms with Gasteiger partial charge in [0.25, 0.3) is 5.82 Å². The van der Waals surface area contributed by atoms with Gasteiger partial charge in [0.1, 0.15) is 0 Å². The lowest BCUT2D eigenvalue weighted by atomic mass is 10.2. The molecular formula is C21H13BrFN3O2. The summed E-state index contributed by atoms with van der Waals surface area (Å²) in [4.78, 5) is 16.9. The van der Waals surface area contributed by atoms with E-state index < -0.39 is 11.8 Å². The number of hydrogen-bond acceptors (Lipinski definition) is 4. The first-order chi connectivity index (χ1) is 13.6. The molecule has 138 valence electrons. The van der Waals surface area contributed by atoms with Crippen LogP contribution in [-0.4, -0.2) is 20.7 Å². The molecule has 0 amide bonds. The van der Waals surface area contributed by atoms with Crippen LogP contribution >= 0.6 is 15.9 Å². The zero-order valence-corrected chi connectivity index (χ0v) is 16.0. The van der Waals surface area contributed by atoms with Crippen molar-refractivity contribution >= 4 is 21.9 Å². The number of nitrogens with zero attached hydrogens (tertiary/aromatic N) is 3. The van der Waals surface area contributed by atoms with Gasteiger partial charge in [0.2, 0.25) is 0 Å². The van der Waals surface area contributed by atoms with Crippen LogP contribution in [0.4, 0.5) is 4.39 Å². The zero-order valence-electron chi connectivity index (χ0n) is 14.4. The molecule has 0 saturated carbocycles. The Labute approximate surface area is 168 Å². The zero-order chi connectivity index (χ0) is 19.5. The lowest BCUT2D eigenvalue weighted by Crippen LogP contribution is -2.12. The van der Waals surface area contributed by atoms with Crippen LogP contribution in [0.15, 0.2) is 83.3 Å². The Bertz CT molecular complexity index is 1070. The van der Waals surface area contributed by atoms with Crippen LogP contribution in [0.5, 0.6) is 5.75 Å². The topological polar surface area (TPSA) is 57.0 Å². The largest absolute Gasteiger partial charge is 0.417 e. The van der Waals surface area contributed by atoms with Gasteiger partial charge in [-0.05, 0) is 30.3 Å². The molecule has 7 heteroatoms. The maximum Gasteiger partial charge on any atom is 0.383 e. The highest BCUT2D eigenvalue weighted by molar-refractivity contribution is 9.10. The summed E-state index contributed by atoms with van der Waals surface area (Å²) in [5.41, 5.74) is 1.52. The van der Waals surface area contributed by atoms with Crippen molar-refractivity contribution in [1.82, 2.24) is 14.8 Å². The summed E-state index contributed by atoms with van der Waals surface area (Å²) in [5.74, 6) is -1.37. The highest BCUT2D eigenvalue weighted by Crippen LogP contribution is 2.24. The third-order valence-electron chi connectivity index (χ3n) is 3.92. The summed E-state index contributed by atoms with van der Waals surface area (Å²) >= 11 is 3.16. The number of carbonyl (C=O) groups excluding carboxylic acids is 1. The fraction of sp³-hybridized carbons (Fsp3) is 0. The smallest absolute Gasteiger partial charge is 0.383 e. The molecule has 1 heterocycles. The van der Waals surface area contributed by atoms with Crippen molar-refractivity contribution in [3.63, 3.8) is 0 Å². The summed E-state index contributed by atoms with van der Waals surface area (Å²) < 4.78 is 21.2. The van der Waals surface area contributed by atoms with E-state index in [0.717, 1.165) is 11.3 Å².